The van der Waals surface area contributed by atoms with Crippen LogP contribution in [-0.2, 0) is 6.42 Å². The van der Waals surface area contributed by atoms with Crippen LogP contribution in [0, 0.1) is 18.6 Å². The van der Waals surface area contributed by atoms with E-state index in [1.165, 1.54) is 12.1 Å². The van der Waals surface area contributed by atoms with Crippen molar-refractivity contribution in [3.8, 4) is 0 Å². The molecule has 0 aromatic heterocycles. The molecule has 1 atom stereocenters. The lowest BCUT2D eigenvalue weighted by Gasteiger charge is -2.20. The molecule has 0 saturated heterocycles. The summed E-state index contributed by atoms with van der Waals surface area (Å²) in [6.07, 6.45) is 0.410. The zero-order chi connectivity index (χ0) is 15.4. The first kappa shape index (κ1) is 16.1. The molecule has 21 heavy (non-hydrogen) atoms. The summed E-state index contributed by atoms with van der Waals surface area (Å²) in [5.74, 6) is -0.780. The van der Waals surface area contributed by atoms with Crippen LogP contribution in [0.15, 0.2) is 40.9 Å². The lowest BCUT2D eigenvalue weighted by molar-refractivity contribution is 0.521. The summed E-state index contributed by atoms with van der Waals surface area (Å²) >= 11 is 3.48. The quantitative estimate of drug-likeness (QED) is 0.803. The highest BCUT2D eigenvalue weighted by Crippen LogP contribution is 2.25. The van der Waals surface area contributed by atoms with Gasteiger partial charge in [-0.2, -0.15) is 0 Å². The van der Waals surface area contributed by atoms with E-state index in [-0.39, 0.29) is 11.9 Å². The van der Waals surface area contributed by atoms with E-state index < -0.39 is 5.82 Å². The first-order valence-electron chi connectivity index (χ1n) is 6.94. The van der Waals surface area contributed by atoms with E-state index in [2.05, 4.69) is 27.3 Å². The molecule has 0 heterocycles. The van der Waals surface area contributed by atoms with Gasteiger partial charge in [-0.15, -0.1) is 0 Å². The average molecular weight is 354 g/mol. The fraction of sp³-hybridized carbons (Fsp3) is 0.294. The van der Waals surface area contributed by atoms with Crippen LogP contribution in [0.3, 0.4) is 0 Å². The summed E-state index contributed by atoms with van der Waals surface area (Å²) in [7, 11) is 0. The molecule has 4 heteroatoms. The maximum atomic E-state index is 13.8. The highest BCUT2D eigenvalue weighted by Gasteiger charge is 2.15. The van der Waals surface area contributed by atoms with Crippen molar-refractivity contribution in [2.75, 3.05) is 6.54 Å². The van der Waals surface area contributed by atoms with Crippen molar-refractivity contribution in [2.24, 2.45) is 0 Å². The average Bonchev–Trinajstić information content (AvgIpc) is 2.41. The van der Waals surface area contributed by atoms with Gasteiger partial charge in [0.1, 0.15) is 11.6 Å². The summed E-state index contributed by atoms with van der Waals surface area (Å²) in [4.78, 5) is 0. The first-order chi connectivity index (χ1) is 9.99. The zero-order valence-electron chi connectivity index (χ0n) is 12.1. The highest BCUT2D eigenvalue weighted by atomic mass is 79.9. The fourth-order valence-electron chi connectivity index (χ4n) is 2.44. The van der Waals surface area contributed by atoms with E-state index in [1.54, 1.807) is 0 Å². The minimum Gasteiger partial charge on any atom is -0.310 e. The third-order valence-electron chi connectivity index (χ3n) is 3.35. The van der Waals surface area contributed by atoms with E-state index in [1.807, 2.05) is 26.0 Å². The Morgan fingerprint density at radius 1 is 1.14 bits per heavy atom. The van der Waals surface area contributed by atoms with E-state index in [4.69, 9.17) is 0 Å². The standard InChI is InChI=1S/C17H18BrF2N/c1-3-21-17(13-6-11(2)7-14(18)8-13)10-12-9-15(19)4-5-16(12)20/h4-9,17,21H,3,10H2,1-2H3. The molecular weight excluding hydrogens is 336 g/mol. The van der Waals surface area contributed by atoms with Crippen molar-refractivity contribution >= 4 is 15.9 Å². The lowest BCUT2D eigenvalue weighted by atomic mass is 9.97. The van der Waals surface area contributed by atoms with Crippen molar-refractivity contribution in [2.45, 2.75) is 26.3 Å². The molecule has 1 N–H and O–H groups in total. The SMILES string of the molecule is CCNC(Cc1cc(F)ccc1F)c1cc(C)cc(Br)c1. The number of nitrogens with one attached hydrogen (secondary N) is 1. The maximum Gasteiger partial charge on any atom is 0.126 e. The number of likely N-dealkylation sites (N-methyl/N-ethyl adjacent to an activating group) is 1. The van der Waals surface area contributed by atoms with E-state index in [0.717, 1.165) is 28.2 Å². The monoisotopic (exact) mass is 353 g/mol. The van der Waals surface area contributed by atoms with Gasteiger partial charge in [0.05, 0.1) is 0 Å². The summed E-state index contributed by atoms with van der Waals surface area (Å²) in [6.45, 7) is 4.77. The lowest BCUT2D eigenvalue weighted by Crippen LogP contribution is -2.23. The fourth-order valence-corrected chi connectivity index (χ4v) is 3.07. The normalized spacial score (nSPS) is 12.4. The Balaban J connectivity index is 2.32. The van der Waals surface area contributed by atoms with Crippen LogP contribution in [-0.4, -0.2) is 6.54 Å². The Bertz CT molecular complexity index is 608. The number of hydrogen-bond acceptors (Lipinski definition) is 1. The van der Waals surface area contributed by atoms with Gasteiger partial charge < -0.3 is 5.32 Å². The van der Waals surface area contributed by atoms with Crippen LogP contribution in [0.4, 0.5) is 8.78 Å². The van der Waals surface area contributed by atoms with Gasteiger partial charge in [-0.3, -0.25) is 0 Å². The van der Waals surface area contributed by atoms with E-state index in [0.29, 0.717) is 12.0 Å². The molecule has 2 rings (SSSR count). The number of benzene rings is 2. The van der Waals surface area contributed by atoms with Crippen molar-refractivity contribution in [1.29, 1.82) is 0 Å². The number of halogens is 3. The van der Waals surface area contributed by atoms with Gasteiger partial charge >= 0.3 is 0 Å². The first-order valence-corrected chi connectivity index (χ1v) is 7.73. The molecule has 0 amide bonds. The van der Waals surface area contributed by atoms with Crippen LogP contribution in [0.5, 0.6) is 0 Å². The minimum atomic E-state index is -0.410. The second kappa shape index (κ2) is 7.14. The van der Waals surface area contributed by atoms with Gasteiger partial charge in [0.25, 0.3) is 0 Å². The summed E-state index contributed by atoms with van der Waals surface area (Å²) in [6, 6.07) is 9.64. The minimum absolute atomic E-state index is 0.0532. The number of hydrogen-bond donors (Lipinski definition) is 1. The number of rotatable bonds is 5. The smallest absolute Gasteiger partial charge is 0.126 e. The van der Waals surface area contributed by atoms with Crippen molar-refractivity contribution < 1.29 is 8.78 Å². The van der Waals surface area contributed by atoms with Crippen molar-refractivity contribution in [1.82, 2.24) is 5.32 Å². The predicted octanol–water partition coefficient (Wildman–Crippen LogP) is 4.93. The van der Waals surface area contributed by atoms with Gasteiger partial charge in [0.2, 0.25) is 0 Å². The molecule has 2 aromatic carbocycles. The molecule has 0 aliphatic heterocycles. The Labute approximate surface area is 132 Å². The van der Waals surface area contributed by atoms with Crippen LogP contribution in [0.25, 0.3) is 0 Å². The maximum absolute atomic E-state index is 13.8. The molecule has 0 fully saturated rings. The molecule has 0 saturated carbocycles. The zero-order valence-corrected chi connectivity index (χ0v) is 13.7. The topological polar surface area (TPSA) is 12.0 Å². The Hall–Kier alpha value is -1.26. The summed E-state index contributed by atoms with van der Waals surface area (Å²) in [5, 5.41) is 3.34. The van der Waals surface area contributed by atoms with Gasteiger partial charge in [-0.1, -0.05) is 28.9 Å². The summed E-state index contributed by atoms with van der Waals surface area (Å²) in [5.41, 5.74) is 2.58. The van der Waals surface area contributed by atoms with Gasteiger partial charge in [0, 0.05) is 10.5 Å². The second-order valence-corrected chi connectivity index (χ2v) is 6.03. The molecule has 112 valence electrons. The van der Waals surface area contributed by atoms with Crippen LogP contribution in [0.1, 0.15) is 29.7 Å². The van der Waals surface area contributed by atoms with Crippen LogP contribution < -0.4 is 5.32 Å². The molecule has 1 unspecified atom stereocenters. The van der Waals surface area contributed by atoms with Gasteiger partial charge in [-0.05, 0) is 66.9 Å². The third kappa shape index (κ3) is 4.35. The second-order valence-electron chi connectivity index (χ2n) is 5.11. The molecule has 0 spiro atoms. The van der Waals surface area contributed by atoms with Gasteiger partial charge in [0.15, 0.2) is 0 Å². The van der Waals surface area contributed by atoms with Gasteiger partial charge in [-0.25, -0.2) is 8.78 Å². The molecule has 0 radical (unpaired) electrons. The predicted molar refractivity (Wildman–Crippen MR) is 85.4 cm³/mol. The van der Waals surface area contributed by atoms with Crippen LogP contribution >= 0.6 is 15.9 Å². The summed E-state index contributed by atoms with van der Waals surface area (Å²) < 4.78 is 28.1. The van der Waals surface area contributed by atoms with Crippen molar-refractivity contribution in [3.05, 3.63) is 69.2 Å². The molecular formula is C17H18BrF2N. The molecule has 2 aromatic rings. The number of aryl methyl sites for hydroxylation is 1. The third-order valence-corrected chi connectivity index (χ3v) is 3.81. The Morgan fingerprint density at radius 2 is 1.90 bits per heavy atom. The van der Waals surface area contributed by atoms with Crippen LogP contribution in [0.2, 0.25) is 0 Å². The van der Waals surface area contributed by atoms with E-state index >= 15 is 0 Å². The van der Waals surface area contributed by atoms with Crippen molar-refractivity contribution in [3.63, 3.8) is 0 Å². The molecule has 1 nitrogen and oxygen atoms in total. The molecule has 0 aliphatic rings. The highest BCUT2D eigenvalue weighted by molar-refractivity contribution is 9.10. The molecule has 0 aliphatic carbocycles. The largest absolute Gasteiger partial charge is 0.310 e. The molecule has 0 bridgehead atoms. The Kier molecular flexibility index (Phi) is 5.48. The Morgan fingerprint density at radius 3 is 2.57 bits per heavy atom. The van der Waals surface area contributed by atoms with E-state index in [9.17, 15) is 8.78 Å².